The molecule has 0 bridgehead atoms. The Balaban J connectivity index is 2.73. The Morgan fingerprint density at radius 3 is 2.88 bits per heavy atom. The summed E-state index contributed by atoms with van der Waals surface area (Å²) in [6, 6.07) is 7.01. The van der Waals surface area contributed by atoms with E-state index in [-0.39, 0.29) is 5.70 Å². The number of halogens is 1. The van der Waals surface area contributed by atoms with Gasteiger partial charge in [0.15, 0.2) is 0 Å². The second-order valence-corrected chi connectivity index (χ2v) is 3.92. The Kier molecular flexibility index (Phi) is 4.72. The molecule has 0 aliphatic heterocycles. The SMILES string of the molecule is CC(C(=O)O)/C(N)=C/C=Nc1cccc(Cl)c1. The number of rotatable bonds is 4. The van der Waals surface area contributed by atoms with Crippen molar-refractivity contribution in [2.75, 3.05) is 0 Å². The smallest absolute Gasteiger partial charge is 0.312 e. The molecule has 3 N–H and O–H groups in total. The van der Waals surface area contributed by atoms with Gasteiger partial charge in [0, 0.05) is 16.9 Å². The lowest BCUT2D eigenvalue weighted by Gasteiger charge is -2.04. The van der Waals surface area contributed by atoms with Crippen molar-refractivity contribution in [2.24, 2.45) is 16.6 Å². The van der Waals surface area contributed by atoms with Gasteiger partial charge in [0.05, 0.1) is 11.6 Å². The summed E-state index contributed by atoms with van der Waals surface area (Å²) in [5.41, 5.74) is 6.51. The summed E-state index contributed by atoms with van der Waals surface area (Å²) in [5, 5.41) is 9.32. The maximum Gasteiger partial charge on any atom is 0.312 e. The molecule has 1 aromatic carbocycles. The summed E-state index contributed by atoms with van der Waals surface area (Å²) in [6.45, 7) is 1.52. The molecule has 0 spiro atoms. The predicted octanol–water partition coefficient (Wildman–Crippen LogP) is 2.61. The van der Waals surface area contributed by atoms with Gasteiger partial charge < -0.3 is 10.8 Å². The van der Waals surface area contributed by atoms with Gasteiger partial charge in [-0.3, -0.25) is 9.79 Å². The quantitative estimate of drug-likeness (QED) is 0.809. The van der Waals surface area contributed by atoms with E-state index in [1.54, 1.807) is 24.3 Å². The molecule has 0 saturated carbocycles. The van der Waals surface area contributed by atoms with E-state index >= 15 is 0 Å². The van der Waals surface area contributed by atoms with Gasteiger partial charge in [-0.15, -0.1) is 0 Å². The highest BCUT2D eigenvalue weighted by molar-refractivity contribution is 6.30. The Morgan fingerprint density at radius 2 is 2.29 bits per heavy atom. The first-order chi connectivity index (χ1) is 8.00. The van der Waals surface area contributed by atoms with Crippen molar-refractivity contribution in [3.63, 3.8) is 0 Å². The third-order valence-electron chi connectivity index (χ3n) is 2.17. The van der Waals surface area contributed by atoms with Gasteiger partial charge in [-0.25, -0.2) is 0 Å². The van der Waals surface area contributed by atoms with Crippen molar-refractivity contribution in [3.05, 3.63) is 41.1 Å². The van der Waals surface area contributed by atoms with E-state index in [9.17, 15) is 4.79 Å². The summed E-state index contributed by atoms with van der Waals surface area (Å²) >= 11 is 5.79. The minimum absolute atomic E-state index is 0.253. The van der Waals surface area contributed by atoms with E-state index < -0.39 is 11.9 Å². The van der Waals surface area contributed by atoms with E-state index in [0.29, 0.717) is 10.7 Å². The fourth-order valence-corrected chi connectivity index (χ4v) is 1.24. The van der Waals surface area contributed by atoms with Crippen molar-refractivity contribution in [3.8, 4) is 0 Å². The predicted molar refractivity (Wildman–Crippen MR) is 68.7 cm³/mol. The molecule has 1 aromatic rings. The van der Waals surface area contributed by atoms with Gasteiger partial charge in [0.25, 0.3) is 0 Å². The summed E-state index contributed by atoms with van der Waals surface area (Å²) in [6.07, 6.45) is 2.93. The Hall–Kier alpha value is -1.81. The standard InChI is InChI=1S/C12H13ClN2O2/c1-8(12(16)17)11(14)5-6-15-10-4-2-3-9(13)7-10/h2-8H,14H2,1H3,(H,16,17)/b11-5-,15-6?. The number of carbonyl (C=O) groups is 1. The molecule has 0 aliphatic rings. The maximum absolute atomic E-state index is 10.6. The molecule has 4 nitrogen and oxygen atoms in total. The van der Waals surface area contributed by atoms with Gasteiger partial charge in [-0.05, 0) is 31.2 Å². The molecule has 17 heavy (non-hydrogen) atoms. The van der Waals surface area contributed by atoms with Crippen LogP contribution in [0.2, 0.25) is 5.02 Å². The van der Waals surface area contributed by atoms with Crippen LogP contribution in [0.25, 0.3) is 0 Å². The van der Waals surface area contributed by atoms with Crippen LogP contribution in [-0.2, 0) is 4.79 Å². The van der Waals surface area contributed by atoms with Crippen LogP contribution in [0, 0.1) is 5.92 Å². The van der Waals surface area contributed by atoms with Gasteiger partial charge in [-0.1, -0.05) is 17.7 Å². The molecule has 0 aliphatic carbocycles. The highest BCUT2D eigenvalue weighted by Gasteiger charge is 2.12. The first-order valence-corrected chi connectivity index (χ1v) is 5.36. The topological polar surface area (TPSA) is 75.7 Å². The minimum Gasteiger partial charge on any atom is -0.481 e. The van der Waals surface area contributed by atoms with E-state index in [0.717, 1.165) is 0 Å². The van der Waals surface area contributed by atoms with Crippen LogP contribution >= 0.6 is 11.6 Å². The summed E-state index contributed by atoms with van der Waals surface area (Å²) in [5.74, 6) is -1.68. The van der Waals surface area contributed by atoms with Crippen molar-refractivity contribution in [1.29, 1.82) is 0 Å². The van der Waals surface area contributed by atoms with E-state index in [4.69, 9.17) is 22.4 Å². The molecule has 90 valence electrons. The monoisotopic (exact) mass is 252 g/mol. The molecular weight excluding hydrogens is 240 g/mol. The van der Waals surface area contributed by atoms with Crippen LogP contribution in [0.4, 0.5) is 5.69 Å². The van der Waals surface area contributed by atoms with E-state index in [1.165, 1.54) is 19.2 Å². The minimum atomic E-state index is -0.963. The largest absolute Gasteiger partial charge is 0.481 e. The molecule has 0 saturated heterocycles. The van der Waals surface area contributed by atoms with Gasteiger partial charge in [0.2, 0.25) is 0 Å². The number of hydrogen-bond donors (Lipinski definition) is 2. The molecule has 0 heterocycles. The van der Waals surface area contributed by atoms with Crippen LogP contribution in [0.15, 0.2) is 41.0 Å². The first kappa shape index (κ1) is 13.3. The molecular formula is C12H13ClN2O2. The lowest BCUT2D eigenvalue weighted by Crippen LogP contribution is -2.17. The van der Waals surface area contributed by atoms with Crippen LogP contribution < -0.4 is 5.73 Å². The molecule has 1 unspecified atom stereocenters. The van der Waals surface area contributed by atoms with E-state index in [1.807, 2.05) is 0 Å². The average Bonchev–Trinajstić information content (AvgIpc) is 2.27. The first-order valence-electron chi connectivity index (χ1n) is 4.99. The van der Waals surface area contributed by atoms with E-state index in [2.05, 4.69) is 4.99 Å². The zero-order valence-electron chi connectivity index (χ0n) is 9.30. The number of carboxylic acid groups (broad SMARTS) is 1. The number of hydrogen-bond acceptors (Lipinski definition) is 3. The molecule has 0 amide bonds. The van der Waals surface area contributed by atoms with Crippen molar-refractivity contribution in [1.82, 2.24) is 0 Å². The maximum atomic E-state index is 10.6. The van der Waals surface area contributed by atoms with Crippen molar-refractivity contribution >= 4 is 29.5 Å². The number of carboxylic acids is 1. The van der Waals surface area contributed by atoms with Crippen LogP contribution in [0.3, 0.4) is 0 Å². The Morgan fingerprint density at radius 1 is 1.59 bits per heavy atom. The lowest BCUT2D eigenvalue weighted by atomic mass is 10.1. The number of nitrogens with two attached hydrogens (primary N) is 1. The molecule has 1 atom stereocenters. The second kappa shape index (κ2) is 6.06. The Bertz CT molecular complexity index is 469. The second-order valence-electron chi connectivity index (χ2n) is 3.48. The van der Waals surface area contributed by atoms with Crippen LogP contribution in [0.1, 0.15) is 6.92 Å². The third kappa shape index (κ3) is 4.28. The third-order valence-corrected chi connectivity index (χ3v) is 2.40. The average molecular weight is 253 g/mol. The molecule has 0 fully saturated rings. The zero-order valence-corrected chi connectivity index (χ0v) is 10.1. The highest BCUT2D eigenvalue weighted by atomic mass is 35.5. The normalized spacial score (nSPS) is 13.9. The number of aliphatic imine (C=N–C) groups is 1. The highest BCUT2D eigenvalue weighted by Crippen LogP contribution is 2.17. The molecule has 0 radical (unpaired) electrons. The van der Waals surface area contributed by atoms with Crippen molar-refractivity contribution < 1.29 is 9.90 Å². The van der Waals surface area contributed by atoms with Crippen LogP contribution in [-0.4, -0.2) is 17.3 Å². The summed E-state index contributed by atoms with van der Waals surface area (Å²) in [7, 11) is 0. The van der Waals surface area contributed by atoms with Crippen molar-refractivity contribution in [2.45, 2.75) is 6.92 Å². The molecule has 0 aromatic heterocycles. The summed E-state index contributed by atoms with van der Waals surface area (Å²) < 4.78 is 0. The fraction of sp³-hybridized carbons (Fsp3) is 0.167. The van der Waals surface area contributed by atoms with Gasteiger partial charge >= 0.3 is 5.97 Å². The molecule has 5 heteroatoms. The number of allylic oxidation sites excluding steroid dienone is 1. The number of aliphatic carboxylic acids is 1. The molecule has 1 rings (SSSR count). The van der Waals surface area contributed by atoms with Gasteiger partial charge in [-0.2, -0.15) is 0 Å². The summed E-state index contributed by atoms with van der Waals surface area (Å²) in [4.78, 5) is 14.7. The lowest BCUT2D eigenvalue weighted by molar-refractivity contribution is -0.139. The Labute approximate surface area is 104 Å². The van der Waals surface area contributed by atoms with Gasteiger partial charge in [0.1, 0.15) is 0 Å². The number of nitrogens with zero attached hydrogens (tertiary/aromatic N) is 1. The fourth-order valence-electron chi connectivity index (χ4n) is 1.05. The zero-order chi connectivity index (χ0) is 12.8. The number of benzene rings is 1. The van der Waals surface area contributed by atoms with Crippen LogP contribution in [0.5, 0.6) is 0 Å².